The van der Waals surface area contributed by atoms with E-state index < -0.39 is 28.5 Å². The number of benzene rings is 2. The number of sulfonamides is 1. The Morgan fingerprint density at radius 1 is 1.00 bits per heavy atom. The van der Waals surface area contributed by atoms with Crippen LogP contribution in [-0.4, -0.2) is 50.0 Å². The highest BCUT2D eigenvalue weighted by atomic mass is 32.2. The molecule has 0 unspecified atom stereocenters. The Bertz CT molecular complexity index is 1150. The van der Waals surface area contributed by atoms with E-state index in [1.165, 1.54) is 4.90 Å². The van der Waals surface area contributed by atoms with Crippen LogP contribution in [0.25, 0.3) is 0 Å². The lowest BCUT2D eigenvalue weighted by Gasteiger charge is -2.32. The number of rotatable bonds is 10. The first kappa shape index (κ1) is 29.4. The van der Waals surface area contributed by atoms with Crippen molar-refractivity contribution in [2.45, 2.75) is 78.9 Å². The normalized spacial score (nSPS) is 13.6. The second-order valence-electron chi connectivity index (χ2n) is 10.5. The van der Waals surface area contributed by atoms with Crippen molar-refractivity contribution in [3.05, 3.63) is 65.2 Å². The Balaban J connectivity index is 2.41. The number of carbonyl (C=O) groups excluding carboxylic acids is 2. The Morgan fingerprint density at radius 3 is 2.08 bits per heavy atom. The average Bonchev–Trinajstić information content (AvgIpc) is 2.80. The van der Waals surface area contributed by atoms with Crippen LogP contribution in [0.15, 0.2) is 48.5 Å². The van der Waals surface area contributed by atoms with Crippen LogP contribution in [0.2, 0.25) is 0 Å². The Morgan fingerprint density at radius 2 is 1.58 bits per heavy atom. The number of hydrogen-bond acceptors (Lipinski definition) is 4. The molecule has 0 aromatic heterocycles. The third-order valence-corrected chi connectivity index (χ3v) is 7.61. The van der Waals surface area contributed by atoms with Gasteiger partial charge < -0.3 is 10.2 Å². The van der Waals surface area contributed by atoms with Gasteiger partial charge in [0.1, 0.15) is 12.6 Å². The topological polar surface area (TPSA) is 86.8 Å². The molecule has 0 heterocycles. The van der Waals surface area contributed by atoms with Crippen molar-refractivity contribution in [1.29, 1.82) is 0 Å². The van der Waals surface area contributed by atoms with Crippen LogP contribution in [-0.2, 0) is 31.6 Å². The molecule has 0 radical (unpaired) electrons. The molecule has 8 heteroatoms. The van der Waals surface area contributed by atoms with Gasteiger partial charge in [0, 0.05) is 12.6 Å². The van der Waals surface area contributed by atoms with E-state index in [0.717, 1.165) is 33.7 Å². The summed E-state index contributed by atoms with van der Waals surface area (Å²) >= 11 is 0. The summed E-state index contributed by atoms with van der Waals surface area (Å²) in [6.45, 7) is 13.5. The molecule has 2 amide bonds. The molecule has 2 atom stereocenters. The summed E-state index contributed by atoms with van der Waals surface area (Å²) in [5.74, 6) is -0.720. The Kier molecular flexibility index (Phi) is 9.71. The van der Waals surface area contributed by atoms with E-state index in [4.69, 9.17) is 0 Å². The van der Waals surface area contributed by atoms with Gasteiger partial charge in [0.05, 0.1) is 11.9 Å². The lowest BCUT2D eigenvalue weighted by molar-refractivity contribution is -0.139. The van der Waals surface area contributed by atoms with Crippen LogP contribution < -0.4 is 9.62 Å². The quantitative estimate of drug-likeness (QED) is 0.508. The summed E-state index contributed by atoms with van der Waals surface area (Å²) in [6.07, 6.45) is 1.85. The summed E-state index contributed by atoms with van der Waals surface area (Å²) in [5, 5.41) is 2.94. The van der Waals surface area contributed by atoms with E-state index in [2.05, 4.69) is 26.1 Å². The zero-order valence-corrected chi connectivity index (χ0v) is 23.6. The van der Waals surface area contributed by atoms with Gasteiger partial charge in [-0.3, -0.25) is 13.9 Å². The van der Waals surface area contributed by atoms with E-state index in [9.17, 15) is 18.0 Å². The standard InChI is InChI=1S/C28H41N3O4S/c1-9-21(3)29-27(33)22(4)30(18-23-13-11-10-12-20(23)2)26(32)19-31(36(8,34)35)25-16-14-24(15-17-25)28(5,6)7/h10-17,21-22H,9,18-19H2,1-8H3,(H,29,33)/t21-,22-/m1/s1. The molecule has 7 nitrogen and oxygen atoms in total. The summed E-state index contributed by atoms with van der Waals surface area (Å²) in [4.78, 5) is 28.1. The molecule has 0 fully saturated rings. The minimum atomic E-state index is -3.76. The van der Waals surface area contributed by atoms with Gasteiger partial charge in [0.15, 0.2) is 0 Å². The van der Waals surface area contributed by atoms with Gasteiger partial charge >= 0.3 is 0 Å². The van der Waals surface area contributed by atoms with Gasteiger partial charge in [0.25, 0.3) is 0 Å². The molecule has 36 heavy (non-hydrogen) atoms. The smallest absolute Gasteiger partial charge is 0.244 e. The molecule has 0 aliphatic heterocycles. The molecule has 2 rings (SSSR count). The van der Waals surface area contributed by atoms with Crippen molar-refractivity contribution in [3.8, 4) is 0 Å². The molecule has 2 aromatic rings. The largest absolute Gasteiger partial charge is 0.352 e. The number of aryl methyl sites for hydroxylation is 1. The van der Waals surface area contributed by atoms with Crippen LogP contribution in [0.1, 0.15) is 64.7 Å². The molecule has 0 spiro atoms. The van der Waals surface area contributed by atoms with E-state index in [1.54, 1.807) is 19.1 Å². The third kappa shape index (κ3) is 7.82. The molecule has 0 aliphatic carbocycles. The van der Waals surface area contributed by atoms with E-state index in [-0.39, 0.29) is 23.9 Å². The number of nitrogens with zero attached hydrogens (tertiary/aromatic N) is 2. The molecule has 0 bridgehead atoms. The maximum Gasteiger partial charge on any atom is 0.244 e. The van der Waals surface area contributed by atoms with Crippen molar-refractivity contribution in [1.82, 2.24) is 10.2 Å². The highest BCUT2D eigenvalue weighted by Gasteiger charge is 2.30. The number of carbonyl (C=O) groups is 2. The molecule has 0 saturated carbocycles. The first-order valence-corrected chi connectivity index (χ1v) is 14.2. The van der Waals surface area contributed by atoms with Crippen molar-refractivity contribution in [3.63, 3.8) is 0 Å². The SMILES string of the molecule is CC[C@@H](C)NC(=O)[C@@H](C)N(Cc1ccccc1C)C(=O)CN(c1ccc(C(C)(C)C)cc1)S(C)(=O)=O. The van der Waals surface area contributed by atoms with Gasteiger partial charge in [-0.15, -0.1) is 0 Å². The van der Waals surface area contributed by atoms with Crippen molar-refractivity contribution in [2.24, 2.45) is 0 Å². The Labute approximate surface area is 216 Å². The minimum absolute atomic E-state index is 0.0378. The Hall–Kier alpha value is -2.87. The highest BCUT2D eigenvalue weighted by molar-refractivity contribution is 7.92. The van der Waals surface area contributed by atoms with Crippen molar-refractivity contribution >= 4 is 27.5 Å². The molecular weight excluding hydrogens is 474 g/mol. The van der Waals surface area contributed by atoms with Gasteiger partial charge in [-0.05, 0) is 61.4 Å². The molecule has 2 aromatic carbocycles. The van der Waals surface area contributed by atoms with Gasteiger partial charge in [-0.2, -0.15) is 0 Å². The molecule has 1 N–H and O–H groups in total. The van der Waals surface area contributed by atoms with Crippen LogP contribution in [0.4, 0.5) is 5.69 Å². The second kappa shape index (κ2) is 11.9. The zero-order chi connectivity index (χ0) is 27.3. The average molecular weight is 516 g/mol. The monoisotopic (exact) mass is 515 g/mol. The summed E-state index contributed by atoms with van der Waals surface area (Å²) in [6, 6.07) is 14.0. The third-order valence-electron chi connectivity index (χ3n) is 6.47. The molecular formula is C28H41N3O4S. The summed E-state index contributed by atoms with van der Waals surface area (Å²) in [5.41, 5.74) is 3.26. The molecule has 0 aliphatic rings. The lowest BCUT2D eigenvalue weighted by atomic mass is 9.87. The van der Waals surface area contributed by atoms with Gasteiger partial charge in [-0.25, -0.2) is 8.42 Å². The first-order valence-electron chi connectivity index (χ1n) is 12.4. The number of amides is 2. The fraction of sp³-hybridized carbons (Fsp3) is 0.500. The predicted molar refractivity (Wildman–Crippen MR) is 146 cm³/mol. The summed E-state index contributed by atoms with van der Waals surface area (Å²) < 4.78 is 26.6. The molecule has 0 saturated heterocycles. The number of hydrogen-bond donors (Lipinski definition) is 1. The van der Waals surface area contributed by atoms with Gasteiger partial charge in [-0.1, -0.05) is 64.1 Å². The fourth-order valence-electron chi connectivity index (χ4n) is 3.76. The van der Waals surface area contributed by atoms with E-state index >= 15 is 0 Å². The predicted octanol–water partition coefficient (Wildman–Crippen LogP) is 4.39. The summed E-state index contributed by atoms with van der Waals surface area (Å²) in [7, 11) is -3.76. The van der Waals surface area contributed by atoms with Crippen LogP contribution >= 0.6 is 0 Å². The van der Waals surface area contributed by atoms with Crippen molar-refractivity contribution < 1.29 is 18.0 Å². The maximum absolute atomic E-state index is 13.7. The second-order valence-corrected chi connectivity index (χ2v) is 12.4. The maximum atomic E-state index is 13.7. The fourth-order valence-corrected chi connectivity index (χ4v) is 4.61. The lowest BCUT2D eigenvalue weighted by Crippen LogP contribution is -2.52. The van der Waals surface area contributed by atoms with Gasteiger partial charge in [0.2, 0.25) is 21.8 Å². The van der Waals surface area contributed by atoms with E-state index in [1.807, 2.05) is 57.2 Å². The van der Waals surface area contributed by atoms with Crippen LogP contribution in [0.3, 0.4) is 0 Å². The highest BCUT2D eigenvalue weighted by Crippen LogP contribution is 2.26. The molecule has 198 valence electrons. The van der Waals surface area contributed by atoms with Crippen LogP contribution in [0, 0.1) is 6.92 Å². The minimum Gasteiger partial charge on any atom is -0.352 e. The van der Waals surface area contributed by atoms with Crippen molar-refractivity contribution in [2.75, 3.05) is 17.1 Å². The van der Waals surface area contributed by atoms with E-state index in [0.29, 0.717) is 5.69 Å². The zero-order valence-electron chi connectivity index (χ0n) is 22.8. The number of nitrogens with one attached hydrogen (secondary N) is 1. The number of anilines is 1. The van der Waals surface area contributed by atoms with Crippen LogP contribution in [0.5, 0.6) is 0 Å². The first-order chi connectivity index (χ1) is 16.6.